The summed E-state index contributed by atoms with van der Waals surface area (Å²) in [5.74, 6) is 1.91. The Bertz CT molecular complexity index is 349. The highest BCUT2D eigenvalue weighted by Gasteiger charge is 2.32. The van der Waals surface area contributed by atoms with Gasteiger partial charge in [0.25, 0.3) is 0 Å². The quantitative estimate of drug-likeness (QED) is 0.801. The minimum Gasteiger partial charge on any atom is -0.324 e. The number of nitrogens with two attached hydrogens (primary N) is 1. The summed E-state index contributed by atoms with van der Waals surface area (Å²) in [6.07, 6.45) is 3.69. The molecule has 1 aromatic carbocycles. The first-order valence-corrected chi connectivity index (χ1v) is 7.16. The Hall–Kier alpha value is -0.860. The molecule has 1 fully saturated rings. The van der Waals surface area contributed by atoms with E-state index in [9.17, 15) is 0 Å². The summed E-state index contributed by atoms with van der Waals surface area (Å²) in [5.41, 5.74) is 7.46. The molecule has 0 heterocycles. The molecular weight excluding hydrogens is 220 g/mol. The summed E-state index contributed by atoms with van der Waals surface area (Å²) in [6, 6.07) is 10.6. The Labute approximate surface area is 111 Å². The van der Waals surface area contributed by atoms with Crippen LogP contribution in [-0.2, 0) is 0 Å². The van der Waals surface area contributed by atoms with E-state index in [0.717, 1.165) is 18.3 Å². The van der Waals surface area contributed by atoms with Gasteiger partial charge in [-0.3, -0.25) is 0 Å². The maximum absolute atomic E-state index is 6.20. The van der Waals surface area contributed by atoms with Gasteiger partial charge in [0, 0.05) is 12.6 Å². The number of hydrogen-bond acceptors (Lipinski definition) is 2. The van der Waals surface area contributed by atoms with Crippen molar-refractivity contribution in [1.29, 1.82) is 0 Å². The van der Waals surface area contributed by atoms with E-state index < -0.39 is 0 Å². The molecule has 1 aromatic rings. The van der Waals surface area contributed by atoms with Gasteiger partial charge < -0.3 is 10.6 Å². The van der Waals surface area contributed by atoms with E-state index in [0.29, 0.717) is 0 Å². The first-order chi connectivity index (χ1) is 8.66. The van der Waals surface area contributed by atoms with E-state index in [-0.39, 0.29) is 6.04 Å². The van der Waals surface area contributed by atoms with Crippen LogP contribution in [0.1, 0.15) is 37.8 Å². The smallest absolute Gasteiger partial charge is 0.0295 e. The second kappa shape index (κ2) is 6.35. The molecule has 18 heavy (non-hydrogen) atoms. The molecule has 2 nitrogen and oxygen atoms in total. The average Bonchev–Trinajstić information content (AvgIpc) is 3.05. The van der Waals surface area contributed by atoms with Crippen LogP contribution in [0.2, 0.25) is 0 Å². The van der Waals surface area contributed by atoms with Crippen molar-refractivity contribution in [2.24, 2.45) is 17.6 Å². The molecule has 0 spiro atoms. The minimum atomic E-state index is 0.194. The molecule has 0 amide bonds. The highest BCUT2D eigenvalue weighted by Crippen LogP contribution is 2.37. The standard InChI is InChI=1S/C16H26N2/c1-13-11-15(13)12-18(2)10-6-9-16(17)14-7-4-3-5-8-14/h3-5,7-8,13,15-16H,6,9-12,17H2,1-2H3. The fraction of sp³-hybridized carbons (Fsp3) is 0.625. The molecule has 2 rings (SSSR count). The number of hydrogen-bond donors (Lipinski definition) is 1. The Kier molecular flexibility index (Phi) is 4.79. The molecule has 2 heteroatoms. The van der Waals surface area contributed by atoms with Crippen molar-refractivity contribution in [3.05, 3.63) is 35.9 Å². The molecule has 0 saturated heterocycles. The number of benzene rings is 1. The van der Waals surface area contributed by atoms with E-state index in [2.05, 4.69) is 43.1 Å². The summed E-state index contributed by atoms with van der Waals surface area (Å²) < 4.78 is 0. The Morgan fingerprint density at radius 3 is 2.61 bits per heavy atom. The van der Waals surface area contributed by atoms with Crippen molar-refractivity contribution in [2.75, 3.05) is 20.1 Å². The highest BCUT2D eigenvalue weighted by molar-refractivity contribution is 5.18. The second-order valence-corrected chi connectivity index (χ2v) is 5.89. The van der Waals surface area contributed by atoms with Crippen molar-refractivity contribution in [3.63, 3.8) is 0 Å². The summed E-state index contributed by atoms with van der Waals surface area (Å²) in [7, 11) is 2.24. The van der Waals surface area contributed by atoms with Crippen molar-refractivity contribution in [2.45, 2.75) is 32.2 Å². The van der Waals surface area contributed by atoms with Gasteiger partial charge in [-0.2, -0.15) is 0 Å². The van der Waals surface area contributed by atoms with Crippen LogP contribution >= 0.6 is 0 Å². The largest absolute Gasteiger partial charge is 0.324 e. The fourth-order valence-electron chi connectivity index (χ4n) is 2.59. The summed E-state index contributed by atoms with van der Waals surface area (Å²) in [4.78, 5) is 2.46. The summed E-state index contributed by atoms with van der Waals surface area (Å²) >= 11 is 0. The third kappa shape index (κ3) is 4.11. The summed E-state index contributed by atoms with van der Waals surface area (Å²) in [6.45, 7) is 4.79. The Morgan fingerprint density at radius 2 is 2.00 bits per heavy atom. The van der Waals surface area contributed by atoms with E-state index in [4.69, 9.17) is 5.73 Å². The minimum absolute atomic E-state index is 0.194. The van der Waals surface area contributed by atoms with Crippen LogP contribution in [0.4, 0.5) is 0 Å². The molecule has 1 aliphatic rings. The fourth-order valence-corrected chi connectivity index (χ4v) is 2.59. The Balaban J connectivity index is 1.62. The van der Waals surface area contributed by atoms with E-state index in [1.54, 1.807) is 0 Å². The van der Waals surface area contributed by atoms with Crippen LogP contribution in [0.3, 0.4) is 0 Å². The van der Waals surface area contributed by atoms with Crippen LogP contribution in [0, 0.1) is 11.8 Å². The lowest BCUT2D eigenvalue weighted by Gasteiger charge is -2.18. The number of rotatable bonds is 7. The van der Waals surface area contributed by atoms with Gasteiger partial charge in [-0.05, 0) is 50.3 Å². The van der Waals surface area contributed by atoms with Crippen LogP contribution in [0.15, 0.2) is 30.3 Å². The predicted molar refractivity (Wildman–Crippen MR) is 77.4 cm³/mol. The maximum Gasteiger partial charge on any atom is 0.0295 e. The average molecular weight is 246 g/mol. The van der Waals surface area contributed by atoms with Gasteiger partial charge >= 0.3 is 0 Å². The summed E-state index contributed by atoms with van der Waals surface area (Å²) in [5, 5.41) is 0. The van der Waals surface area contributed by atoms with E-state index in [1.165, 1.54) is 31.5 Å². The molecule has 1 aliphatic carbocycles. The van der Waals surface area contributed by atoms with Gasteiger partial charge in [0.05, 0.1) is 0 Å². The van der Waals surface area contributed by atoms with Crippen molar-refractivity contribution in [1.82, 2.24) is 4.90 Å². The topological polar surface area (TPSA) is 29.3 Å². The van der Waals surface area contributed by atoms with Crippen molar-refractivity contribution >= 4 is 0 Å². The van der Waals surface area contributed by atoms with Crippen LogP contribution in [-0.4, -0.2) is 25.0 Å². The normalized spacial score (nSPS) is 24.2. The van der Waals surface area contributed by atoms with Gasteiger partial charge in [-0.1, -0.05) is 37.3 Å². The molecule has 0 bridgehead atoms. The molecule has 1 saturated carbocycles. The maximum atomic E-state index is 6.20. The lowest BCUT2D eigenvalue weighted by molar-refractivity contribution is 0.304. The molecule has 0 aliphatic heterocycles. The zero-order chi connectivity index (χ0) is 13.0. The molecular formula is C16H26N2. The van der Waals surface area contributed by atoms with Gasteiger partial charge in [-0.25, -0.2) is 0 Å². The molecule has 3 atom stereocenters. The monoisotopic (exact) mass is 246 g/mol. The first-order valence-electron chi connectivity index (χ1n) is 7.16. The first kappa shape index (κ1) is 13.6. The molecule has 2 N–H and O–H groups in total. The number of nitrogens with zero attached hydrogens (tertiary/aromatic N) is 1. The van der Waals surface area contributed by atoms with Crippen LogP contribution in [0.25, 0.3) is 0 Å². The van der Waals surface area contributed by atoms with Crippen molar-refractivity contribution in [3.8, 4) is 0 Å². The van der Waals surface area contributed by atoms with Crippen molar-refractivity contribution < 1.29 is 0 Å². The SMILES string of the molecule is CC1CC1CN(C)CCCC(N)c1ccccc1. The van der Waals surface area contributed by atoms with E-state index in [1.807, 2.05) is 6.07 Å². The third-order valence-electron chi connectivity index (χ3n) is 4.11. The molecule has 0 aromatic heterocycles. The lowest BCUT2D eigenvalue weighted by atomic mass is 10.0. The molecule has 100 valence electrons. The zero-order valence-corrected chi connectivity index (χ0v) is 11.7. The van der Waals surface area contributed by atoms with Gasteiger partial charge in [-0.15, -0.1) is 0 Å². The Morgan fingerprint density at radius 1 is 1.33 bits per heavy atom. The lowest BCUT2D eigenvalue weighted by Crippen LogP contribution is -2.23. The zero-order valence-electron chi connectivity index (χ0n) is 11.7. The van der Waals surface area contributed by atoms with Crippen LogP contribution in [0.5, 0.6) is 0 Å². The van der Waals surface area contributed by atoms with Gasteiger partial charge in [0.15, 0.2) is 0 Å². The second-order valence-electron chi connectivity index (χ2n) is 5.89. The molecule has 0 radical (unpaired) electrons. The third-order valence-corrected chi connectivity index (χ3v) is 4.11. The predicted octanol–water partition coefficient (Wildman–Crippen LogP) is 3.05. The molecule has 3 unspecified atom stereocenters. The van der Waals surface area contributed by atoms with Gasteiger partial charge in [0.2, 0.25) is 0 Å². The van der Waals surface area contributed by atoms with Crippen LogP contribution < -0.4 is 5.73 Å². The van der Waals surface area contributed by atoms with E-state index >= 15 is 0 Å². The van der Waals surface area contributed by atoms with Gasteiger partial charge in [0.1, 0.15) is 0 Å². The highest BCUT2D eigenvalue weighted by atomic mass is 15.1.